The van der Waals surface area contributed by atoms with E-state index in [1.165, 1.54) is 6.07 Å². The van der Waals surface area contributed by atoms with Crippen molar-refractivity contribution in [1.82, 2.24) is 9.55 Å². The van der Waals surface area contributed by atoms with Crippen molar-refractivity contribution < 1.29 is 13.2 Å². The van der Waals surface area contributed by atoms with Gasteiger partial charge in [0.1, 0.15) is 6.54 Å². The molecule has 0 spiro atoms. The molecule has 0 unspecified atom stereocenters. The van der Waals surface area contributed by atoms with Gasteiger partial charge in [-0.15, -0.1) is 0 Å². The second-order valence-corrected chi connectivity index (χ2v) is 3.61. The van der Waals surface area contributed by atoms with Gasteiger partial charge in [0.15, 0.2) is 0 Å². The first-order valence-electron chi connectivity index (χ1n) is 5.63. The van der Waals surface area contributed by atoms with Gasteiger partial charge < -0.3 is 4.98 Å². The number of pyridine rings is 1. The number of hydrogen-bond acceptors (Lipinski definition) is 1. The molecule has 0 saturated heterocycles. The van der Waals surface area contributed by atoms with Crippen molar-refractivity contribution in [3.05, 3.63) is 34.2 Å². The van der Waals surface area contributed by atoms with Gasteiger partial charge in [0.2, 0.25) is 0 Å². The summed E-state index contributed by atoms with van der Waals surface area (Å²) in [6.45, 7) is 4.40. The van der Waals surface area contributed by atoms with Crippen LogP contribution in [-0.2, 0) is 6.54 Å². The first kappa shape index (κ1) is 14.3. The third kappa shape index (κ3) is 2.94. The van der Waals surface area contributed by atoms with Crippen molar-refractivity contribution in [2.45, 2.75) is 33.5 Å². The molecule has 2 aromatic heterocycles. The minimum atomic E-state index is -4.40. The molecule has 1 N–H and O–H groups in total. The van der Waals surface area contributed by atoms with E-state index in [0.717, 1.165) is 10.6 Å². The van der Waals surface area contributed by atoms with E-state index in [-0.39, 0.29) is 0 Å². The molecule has 0 bridgehead atoms. The Bertz CT molecular complexity index is 581. The highest BCUT2D eigenvalue weighted by Gasteiger charge is 2.29. The van der Waals surface area contributed by atoms with E-state index in [4.69, 9.17) is 0 Å². The summed E-state index contributed by atoms with van der Waals surface area (Å²) in [6, 6.07) is 2.61. The molecule has 0 fully saturated rings. The van der Waals surface area contributed by atoms with Crippen LogP contribution in [0.2, 0.25) is 0 Å². The van der Waals surface area contributed by atoms with Crippen LogP contribution in [0.3, 0.4) is 0 Å². The van der Waals surface area contributed by atoms with Gasteiger partial charge in [0.05, 0.1) is 11.0 Å². The van der Waals surface area contributed by atoms with Gasteiger partial charge in [-0.3, -0.25) is 9.36 Å². The lowest BCUT2D eigenvalue weighted by Crippen LogP contribution is -2.27. The van der Waals surface area contributed by atoms with E-state index in [2.05, 4.69) is 4.98 Å². The lowest BCUT2D eigenvalue weighted by Gasteiger charge is -2.11. The van der Waals surface area contributed by atoms with Crippen molar-refractivity contribution in [1.29, 1.82) is 0 Å². The van der Waals surface area contributed by atoms with Gasteiger partial charge in [-0.2, -0.15) is 13.2 Å². The smallest absolute Gasteiger partial charge is 0.360 e. The maximum Gasteiger partial charge on any atom is 0.406 e. The van der Waals surface area contributed by atoms with E-state index in [9.17, 15) is 18.0 Å². The van der Waals surface area contributed by atoms with Crippen LogP contribution in [0.5, 0.6) is 0 Å². The molecule has 100 valence electrons. The van der Waals surface area contributed by atoms with Crippen molar-refractivity contribution >= 4 is 11.0 Å². The standard InChI is InChI=1S/C10H9F3N2O.C2H6/c1-6-4-14-7-2-3-8(16)15(9(6)7)5-10(11,12)13;1-2/h2-4,14H,5H2,1H3;1-2H3. The summed E-state index contributed by atoms with van der Waals surface area (Å²) in [4.78, 5) is 14.2. The summed E-state index contributed by atoms with van der Waals surface area (Å²) in [5.74, 6) is 0. The number of aromatic nitrogens is 2. The Balaban J connectivity index is 0.000000771. The Hall–Kier alpha value is -1.72. The van der Waals surface area contributed by atoms with Crippen molar-refractivity contribution in [2.75, 3.05) is 0 Å². The average Bonchev–Trinajstić information content (AvgIpc) is 2.66. The molecule has 2 heterocycles. The molecule has 0 aliphatic carbocycles. The number of nitrogens with zero attached hydrogens (tertiary/aromatic N) is 1. The third-order valence-electron chi connectivity index (χ3n) is 2.34. The van der Waals surface area contributed by atoms with Crippen LogP contribution in [-0.4, -0.2) is 15.7 Å². The highest BCUT2D eigenvalue weighted by molar-refractivity contribution is 5.79. The number of alkyl halides is 3. The Morgan fingerprint density at radius 1 is 1.28 bits per heavy atom. The van der Waals surface area contributed by atoms with Crippen LogP contribution in [0, 0.1) is 6.92 Å². The van der Waals surface area contributed by atoms with Gasteiger partial charge in [-0.05, 0) is 18.6 Å². The zero-order chi connectivity index (χ0) is 13.9. The molecule has 18 heavy (non-hydrogen) atoms. The first-order chi connectivity index (χ1) is 8.38. The predicted octanol–water partition coefficient (Wildman–Crippen LogP) is 3.23. The number of H-pyrrole nitrogens is 1. The summed E-state index contributed by atoms with van der Waals surface area (Å²) >= 11 is 0. The summed E-state index contributed by atoms with van der Waals surface area (Å²) in [5.41, 5.74) is 0.815. The summed E-state index contributed by atoms with van der Waals surface area (Å²) in [5, 5.41) is 0. The normalized spacial score (nSPS) is 11.2. The highest BCUT2D eigenvalue weighted by Crippen LogP contribution is 2.21. The average molecular weight is 260 g/mol. The lowest BCUT2D eigenvalue weighted by atomic mass is 10.3. The summed E-state index contributed by atoms with van der Waals surface area (Å²) in [6.07, 6.45) is -2.82. The predicted molar refractivity (Wildman–Crippen MR) is 64.7 cm³/mol. The monoisotopic (exact) mass is 260 g/mol. The van der Waals surface area contributed by atoms with Crippen molar-refractivity contribution in [3.8, 4) is 0 Å². The molecule has 0 saturated carbocycles. The van der Waals surface area contributed by atoms with Crippen molar-refractivity contribution in [3.63, 3.8) is 0 Å². The van der Waals surface area contributed by atoms with Crippen LogP contribution in [0.1, 0.15) is 19.4 Å². The fraction of sp³-hybridized carbons (Fsp3) is 0.417. The van der Waals surface area contributed by atoms with Gasteiger partial charge in [-0.25, -0.2) is 0 Å². The topological polar surface area (TPSA) is 37.8 Å². The Morgan fingerprint density at radius 2 is 1.89 bits per heavy atom. The van der Waals surface area contributed by atoms with Crippen LogP contribution in [0.25, 0.3) is 11.0 Å². The molecule has 6 heteroatoms. The third-order valence-corrected chi connectivity index (χ3v) is 2.34. The Labute approximate surface area is 102 Å². The zero-order valence-corrected chi connectivity index (χ0v) is 10.4. The molecule has 0 amide bonds. The highest BCUT2D eigenvalue weighted by atomic mass is 19.4. The van der Waals surface area contributed by atoms with Gasteiger partial charge in [0, 0.05) is 12.3 Å². The minimum Gasteiger partial charge on any atom is -0.360 e. The fourth-order valence-corrected chi connectivity index (χ4v) is 1.71. The number of halogens is 3. The SMILES string of the molecule is CC.Cc1c[nH]c2ccc(=O)n(CC(F)(F)F)c12. The number of fused-ring (bicyclic) bond motifs is 1. The summed E-state index contributed by atoms with van der Waals surface area (Å²) in [7, 11) is 0. The van der Waals surface area contributed by atoms with Gasteiger partial charge >= 0.3 is 6.18 Å². The van der Waals surface area contributed by atoms with E-state index < -0.39 is 18.3 Å². The first-order valence-corrected chi connectivity index (χ1v) is 5.63. The van der Waals surface area contributed by atoms with Crippen LogP contribution >= 0.6 is 0 Å². The number of hydrogen-bond donors (Lipinski definition) is 1. The van der Waals surface area contributed by atoms with Crippen LogP contribution < -0.4 is 5.56 Å². The van der Waals surface area contributed by atoms with E-state index in [0.29, 0.717) is 16.6 Å². The molecular formula is C12H15F3N2O. The summed E-state index contributed by atoms with van der Waals surface area (Å²) < 4.78 is 37.7. The quantitative estimate of drug-likeness (QED) is 0.839. The molecule has 0 aliphatic heterocycles. The van der Waals surface area contributed by atoms with Gasteiger partial charge in [0.25, 0.3) is 5.56 Å². The zero-order valence-electron chi connectivity index (χ0n) is 10.4. The molecule has 2 aromatic rings. The van der Waals surface area contributed by atoms with Crippen LogP contribution in [0.4, 0.5) is 13.2 Å². The lowest BCUT2D eigenvalue weighted by molar-refractivity contribution is -0.140. The second-order valence-electron chi connectivity index (χ2n) is 3.61. The number of nitrogens with one attached hydrogen (secondary N) is 1. The number of aromatic amines is 1. The molecule has 3 nitrogen and oxygen atoms in total. The molecule has 2 rings (SSSR count). The van der Waals surface area contributed by atoms with E-state index >= 15 is 0 Å². The number of rotatable bonds is 1. The largest absolute Gasteiger partial charge is 0.406 e. The number of aryl methyl sites for hydroxylation is 1. The Kier molecular flexibility index (Phi) is 4.21. The van der Waals surface area contributed by atoms with E-state index in [1.54, 1.807) is 13.1 Å². The minimum absolute atomic E-state index is 0.310. The van der Waals surface area contributed by atoms with E-state index in [1.807, 2.05) is 13.8 Å². The molecule has 0 atom stereocenters. The second kappa shape index (κ2) is 5.29. The van der Waals surface area contributed by atoms with Gasteiger partial charge in [-0.1, -0.05) is 13.8 Å². The molecule has 0 aromatic carbocycles. The molecule has 0 radical (unpaired) electrons. The molecule has 0 aliphatic rings. The molecular weight excluding hydrogens is 245 g/mol. The Morgan fingerprint density at radius 3 is 2.44 bits per heavy atom. The maximum atomic E-state index is 12.3. The fourth-order valence-electron chi connectivity index (χ4n) is 1.71. The van der Waals surface area contributed by atoms with Crippen molar-refractivity contribution in [2.24, 2.45) is 0 Å². The maximum absolute atomic E-state index is 12.3. The van der Waals surface area contributed by atoms with Crippen LogP contribution in [0.15, 0.2) is 23.1 Å².